The van der Waals surface area contributed by atoms with E-state index in [1.807, 2.05) is 6.08 Å². The Hall–Kier alpha value is -2.50. The van der Waals surface area contributed by atoms with Gasteiger partial charge < -0.3 is 19.9 Å². The lowest BCUT2D eigenvalue weighted by Crippen LogP contribution is -2.38. The zero-order chi connectivity index (χ0) is 18.9. The Labute approximate surface area is 154 Å². The number of methoxy groups -OCH3 is 1. The lowest BCUT2D eigenvalue weighted by atomic mass is 9.85. The summed E-state index contributed by atoms with van der Waals surface area (Å²) < 4.78 is 9.94. The van der Waals surface area contributed by atoms with Crippen LogP contribution < -0.4 is 10.1 Å². The van der Waals surface area contributed by atoms with Crippen molar-refractivity contribution in [3.8, 4) is 11.5 Å². The maximum atomic E-state index is 12.2. The van der Waals surface area contributed by atoms with Crippen LogP contribution in [0.5, 0.6) is 11.5 Å². The summed E-state index contributed by atoms with van der Waals surface area (Å²) in [4.78, 5) is 23.6. The van der Waals surface area contributed by atoms with Gasteiger partial charge in [-0.3, -0.25) is 4.79 Å². The van der Waals surface area contributed by atoms with Crippen molar-refractivity contribution in [3.63, 3.8) is 0 Å². The second-order valence-corrected chi connectivity index (χ2v) is 6.47. The lowest BCUT2D eigenvalue weighted by Gasteiger charge is -2.27. The normalized spacial score (nSPS) is 19.9. The van der Waals surface area contributed by atoms with Gasteiger partial charge in [0.05, 0.1) is 20.1 Å². The van der Waals surface area contributed by atoms with E-state index in [4.69, 9.17) is 9.47 Å². The van der Waals surface area contributed by atoms with Gasteiger partial charge in [-0.2, -0.15) is 0 Å². The molecule has 1 amide bonds. The van der Waals surface area contributed by atoms with Gasteiger partial charge in [-0.15, -0.1) is 0 Å². The molecule has 2 rings (SSSR count). The van der Waals surface area contributed by atoms with Gasteiger partial charge in [0.1, 0.15) is 0 Å². The number of carbonyl (C=O) groups is 2. The minimum atomic E-state index is -0.299. The van der Waals surface area contributed by atoms with Crippen molar-refractivity contribution in [2.45, 2.75) is 45.1 Å². The fourth-order valence-electron chi connectivity index (χ4n) is 3.16. The number of phenolic OH excluding ortho intramolecular Hbond substituents is 1. The summed E-state index contributed by atoms with van der Waals surface area (Å²) in [5.74, 6) is 0.444. The Morgan fingerprint density at radius 1 is 1.27 bits per heavy atom. The van der Waals surface area contributed by atoms with E-state index in [1.54, 1.807) is 19.1 Å². The highest BCUT2D eigenvalue weighted by atomic mass is 16.5. The van der Waals surface area contributed by atoms with E-state index >= 15 is 0 Å². The monoisotopic (exact) mass is 361 g/mol. The molecular weight excluding hydrogens is 334 g/mol. The lowest BCUT2D eigenvalue weighted by molar-refractivity contribution is -0.137. The Balaban J connectivity index is 1.76. The third-order valence-corrected chi connectivity index (χ3v) is 4.54. The number of esters is 1. The molecule has 0 bridgehead atoms. The Bertz CT molecular complexity index is 648. The van der Waals surface area contributed by atoms with E-state index in [2.05, 4.69) is 5.32 Å². The minimum Gasteiger partial charge on any atom is -0.504 e. The average molecular weight is 361 g/mol. The molecule has 1 aliphatic carbocycles. The molecule has 0 spiro atoms. The Morgan fingerprint density at radius 2 is 2.00 bits per heavy atom. The number of hydrogen-bond donors (Lipinski definition) is 2. The molecule has 0 saturated heterocycles. The van der Waals surface area contributed by atoms with Gasteiger partial charge in [0.2, 0.25) is 5.91 Å². The number of benzene rings is 1. The smallest absolute Gasteiger partial charge is 0.330 e. The summed E-state index contributed by atoms with van der Waals surface area (Å²) in [7, 11) is 1.48. The molecule has 0 unspecified atom stereocenters. The molecule has 1 aliphatic rings. The van der Waals surface area contributed by atoms with Gasteiger partial charge in [-0.1, -0.05) is 12.1 Å². The molecule has 1 fully saturated rings. The highest BCUT2D eigenvalue weighted by Gasteiger charge is 2.21. The van der Waals surface area contributed by atoms with Gasteiger partial charge in [-0.25, -0.2) is 4.79 Å². The summed E-state index contributed by atoms with van der Waals surface area (Å²) in [5, 5.41) is 12.7. The molecule has 26 heavy (non-hydrogen) atoms. The molecule has 1 aromatic rings. The zero-order valence-electron chi connectivity index (χ0n) is 15.4. The first kappa shape index (κ1) is 19.8. The first-order chi connectivity index (χ1) is 12.5. The van der Waals surface area contributed by atoms with Crippen LogP contribution >= 0.6 is 0 Å². The highest BCUT2D eigenvalue weighted by Crippen LogP contribution is 2.27. The second-order valence-electron chi connectivity index (χ2n) is 6.47. The van der Waals surface area contributed by atoms with E-state index in [0.717, 1.165) is 31.2 Å². The number of carbonyl (C=O) groups excluding carboxylic acids is 2. The van der Waals surface area contributed by atoms with Crippen molar-refractivity contribution >= 4 is 11.9 Å². The number of ether oxygens (including phenoxy) is 2. The van der Waals surface area contributed by atoms with Crippen LogP contribution in [0.1, 0.15) is 38.2 Å². The fraction of sp³-hybridized carbons (Fsp3) is 0.500. The standard InChI is InChI=1S/C20H27NO5/c1-3-26-20(24)11-7-14-4-8-16(9-5-14)21-19(23)13-15-6-10-17(22)18(12-15)25-2/h6-7,10-12,14,16,22H,3-5,8-9,13H2,1-2H3,(H,21,23)/b11-7+/t14-,16-. The van der Waals surface area contributed by atoms with Crippen LogP contribution in [0.15, 0.2) is 30.4 Å². The molecule has 0 aliphatic heterocycles. The summed E-state index contributed by atoms with van der Waals surface area (Å²) in [6.07, 6.45) is 7.33. The number of amides is 1. The van der Waals surface area contributed by atoms with Crippen LogP contribution in [-0.2, 0) is 20.7 Å². The van der Waals surface area contributed by atoms with Gasteiger partial charge >= 0.3 is 5.97 Å². The van der Waals surface area contributed by atoms with Crippen molar-refractivity contribution in [3.05, 3.63) is 35.9 Å². The van der Waals surface area contributed by atoms with E-state index < -0.39 is 0 Å². The van der Waals surface area contributed by atoms with Gasteiger partial charge in [0, 0.05) is 12.1 Å². The van der Waals surface area contributed by atoms with Gasteiger partial charge in [0.25, 0.3) is 0 Å². The van der Waals surface area contributed by atoms with Gasteiger partial charge in [0.15, 0.2) is 11.5 Å². The van der Waals surface area contributed by atoms with Crippen molar-refractivity contribution in [1.29, 1.82) is 0 Å². The van der Waals surface area contributed by atoms with Crippen LogP contribution in [0.3, 0.4) is 0 Å². The largest absolute Gasteiger partial charge is 0.504 e. The summed E-state index contributed by atoms with van der Waals surface area (Å²) in [6.45, 7) is 2.17. The SMILES string of the molecule is CCOC(=O)/C=C/[C@H]1CC[C@H](NC(=O)Cc2ccc(O)c(OC)c2)CC1. The van der Waals surface area contributed by atoms with Crippen LogP contribution in [0, 0.1) is 5.92 Å². The molecular formula is C20H27NO5. The maximum absolute atomic E-state index is 12.2. The van der Waals surface area contributed by atoms with Crippen molar-refractivity contribution < 1.29 is 24.2 Å². The predicted octanol–water partition coefficient (Wildman–Crippen LogP) is 2.74. The average Bonchev–Trinajstić information content (AvgIpc) is 2.63. The number of nitrogens with one attached hydrogen (secondary N) is 1. The van der Waals surface area contributed by atoms with Crippen molar-refractivity contribution in [2.75, 3.05) is 13.7 Å². The quantitative estimate of drug-likeness (QED) is 0.576. The first-order valence-electron chi connectivity index (χ1n) is 9.02. The molecule has 0 radical (unpaired) electrons. The third kappa shape index (κ3) is 6.10. The van der Waals surface area contributed by atoms with Crippen molar-refractivity contribution in [1.82, 2.24) is 5.32 Å². The summed E-state index contributed by atoms with van der Waals surface area (Å²) in [5.41, 5.74) is 0.795. The number of rotatable bonds is 7. The molecule has 2 N–H and O–H groups in total. The zero-order valence-corrected chi connectivity index (χ0v) is 15.4. The Morgan fingerprint density at radius 3 is 2.65 bits per heavy atom. The number of hydrogen-bond acceptors (Lipinski definition) is 5. The molecule has 6 heteroatoms. The molecule has 0 aromatic heterocycles. The topological polar surface area (TPSA) is 84.9 Å². The second kappa shape index (κ2) is 9.85. The maximum Gasteiger partial charge on any atom is 0.330 e. The number of aromatic hydroxyl groups is 1. The first-order valence-corrected chi connectivity index (χ1v) is 9.02. The van der Waals surface area contributed by atoms with E-state index in [1.165, 1.54) is 19.3 Å². The van der Waals surface area contributed by atoms with E-state index in [9.17, 15) is 14.7 Å². The van der Waals surface area contributed by atoms with E-state index in [-0.39, 0.29) is 30.1 Å². The molecule has 0 atom stereocenters. The van der Waals surface area contributed by atoms with Gasteiger partial charge in [-0.05, 0) is 56.2 Å². The highest BCUT2D eigenvalue weighted by molar-refractivity contribution is 5.82. The Kier molecular flexibility index (Phi) is 7.51. The molecule has 6 nitrogen and oxygen atoms in total. The van der Waals surface area contributed by atoms with Crippen molar-refractivity contribution in [2.24, 2.45) is 5.92 Å². The molecule has 0 heterocycles. The van der Waals surface area contributed by atoms with Crippen LogP contribution in [0.25, 0.3) is 0 Å². The number of phenols is 1. The predicted molar refractivity (Wildman–Crippen MR) is 98.0 cm³/mol. The van der Waals surface area contributed by atoms with Crippen LogP contribution in [0.4, 0.5) is 0 Å². The minimum absolute atomic E-state index is 0.0386. The van der Waals surface area contributed by atoms with Crippen LogP contribution in [-0.4, -0.2) is 36.7 Å². The third-order valence-electron chi connectivity index (χ3n) is 4.54. The van der Waals surface area contributed by atoms with E-state index in [0.29, 0.717) is 18.3 Å². The summed E-state index contributed by atoms with van der Waals surface area (Å²) in [6, 6.07) is 5.08. The molecule has 142 valence electrons. The number of allylic oxidation sites excluding steroid dienone is 1. The molecule has 1 saturated carbocycles. The van der Waals surface area contributed by atoms with Crippen LogP contribution in [0.2, 0.25) is 0 Å². The molecule has 1 aromatic carbocycles. The fourth-order valence-corrected chi connectivity index (χ4v) is 3.16. The summed E-state index contributed by atoms with van der Waals surface area (Å²) >= 11 is 0.